The van der Waals surface area contributed by atoms with Crippen LogP contribution >= 0.6 is 0 Å². The lowest BCUT2D eigenvalue weighted by atomic mass is 9.98. The molecule has 3 atom stereocenters. The summed E-state index contributed by atoms with van der Waals surface area (Å²) in [5, 5.41) is 13.2. The molecule has 4 rings (SSSR count). The van der Waals surface area contributed by atoms with E-state index in [4.69, 9.17) is 10.5 Å². The third kappa shape index (κ3) is 5.49. The van der Waals surface area contributed by atoms with Crippen molar-refractivity contribution >= 4 is 11.8 Å². The standard InChI is InChI=1S/C27H35N3O4/c1-2-18-3-4-19(22(13-18)14-28)9-12-25(31)15-29-26(32)20-5-7-21(8-6-20)27(33)30-23-10-11-24(30)17-34-16-23/h3-8,13,23-25,31H,2,9-12,14-17,28H2,1H3,(H,29,32). The van der Waals surface area contributed by atoms with Gasteiger partial charge in [0.2, 0.25) is 0 Å². The summed E-state index contributed by atoms with van der Waals surface area (Å²) in [6.07, 6.45) is 3.51. The molecule has 0 saturated carbocycles. The Morgan fingerprint density at radius 1 is 1.09 bits per heavy atom. The van der Waals surface area contributed by atoms with Crippen LogP contribution in [-0.2, 0) is 24.1 Å². The zero-order valence-electron chi connectivity index (χ0n) is 19.8. The molecule has 0 radical (unpaired) electrons. The number of nitrogens with zero attached hydrogens (tertiary/aromatic N) is 1. The highest BCUT2D eigenvalue weighted by molar-refractivity contribution is 5.98. The van der Waals surface area contributed by atoms with Crippen LogP contribution in [0.5, 0.6) is 0 Å². The van der Waals surface area contributed by atoms with Crippen molar-refractivity contribution in [3.8, 4) is 0 Å². The molecule has 7 nitrogen and oxygen atoms in total. The molecule has 7 heteroatoms. The van der Waals surface area contributed by atoms with Gasteiger partial charge in [0.15, 0.2) is 0 Å². The Balaban J connectivity index is 1.26. The molecule has 2 aromatic rings. The van der Waals surface area contributed by atoms with E-state index in [0.29, 0.717) is 43.7 Å². The number of benzene rings is 2. The number of carbonyl (C=O) groups is 2. The predicted octanol–water partition coefficient (Wildman–Crippen LogP) is 2.43. The molecule has 2 amide bonds. The van der Waals surface area contributed by atoms with E-state index in [1.54, 1.807) is 24.3 Å². The molecule has 2 aliphatic rings. The number of nitrogens with one attached hydrogen (secondary N) is 1. The zero-order valence-corrected chi connectivity index (χ0v) is 19.8. The fourth-order valence-electron chi connectivity index (χ4n) is 4.94. The number of hydrogen-bond acceptors (Lipinski definition) is 5. The van der Waals surface area contributed by atoms with Crippen molar-refractivity contribution in [1.29, 1.82) is 0 Å². The van der Waals surface area contributed by atoms with Crippen molar-refractivity contribution < 1.29 is 19.4 Å². The third-order valence-corrected chi connectivity index (χ3v) is 7.01. The lowest BCUT2D eigenvalue weighted by molar-refractivity contribution is -0.00716. The van der Waals surface area contributed by atoms with E-state index in [0.717, 1.165) is 30.4 Å². The Bertz CT molecular complexity index is 991. The maximum Gasteiger partial charge on any atom is 0.254 e. The Morgan fingerprint density at radius 2 is 1.76 bits per heavy atom. The maximum atomic E-state index is 13.0. The summed E-state index contributed by atoms with van der Waals surface area (Å²) in [5.74, 6) is -0.263. The zero-order chi connectivity index (χ0) is 24.1. The van der Waals surface area contributed by atoms with E-state index in [-0.39, 0.29) is 30.4 Å². The highest BCUT2D eigenvalue weighted by atomic mass is 16.5. The maximum absolute atomic E-state index is 13.0. The van der Waals surface area contributed by atoms with E-state index < -0.39 is 6.10 Å². The first-order chi connectivity index (χ1) is 16.5. The quantitative estimate of drug-likeness (QED) is 0.528. The molecular formula is C27H35N3O4. The van der Waals surface area contributed by atoms with Gasteiger partial charge < -0.3 is 25.8 Å². The molecule has 2 saturated heterocycles. The molecule has 2 heterocycles. The number of fused-ring (bicyclic) bond motifs is 2. The normalized spacial score (nSPS) is 20.3. The van der Waals surface area contributed by atoms with E-state index in [1.807, 2.05) is 4.90 Å². The van der Waals surface area contributed by atoms with Crippen LogP contribution in [-0.4, -0.2) is 59.8 Å². The average Bonchev–Trinajstić information content (AvgIpc) is 3.13. The van der Waals surface area contributed by atoms with Gasteiger partial charge >= 0.3 is 0 Å². The minimum absolute atomic E-state index is 0.00185. The van der Waals surface area contributed by atoms with Gasteiger partial charge in [0.05, 0.1) is 31.4 Å². The number of rotatable bonds is 9. The summed E-state index contributed by atoms with van der Waals surface area (Å²) < 4.78 is 5.56. The Hall–Kier alpha value is -2.74. The second-order valence-corrected chi connectivity index (χ2v) is 9.28. The van der Waals surface area contributed by atoms with Gasteiger partial charge in [-0.25, -0.2) is 0 Å². The van der Waals surface area contributed by atoms with Crippen LogP contribution in [0.1, 0.15) is 63.6 Å². The predicted molar refractivity (Wildman–Crippen MR) is 131 cm³/mol. The second-order valence-electron chi connectivity index (χ2n) is 9.28. The van der Waals surface area contributed by atoms with E-state index in [9.17, 15) is 14.7 Å². The van der Waals surface area contributed by atoms with Gasteiger partial charge in [-0.15, -0.1) is 0 Å². The summed E-state index contributed by atoms with van der Waals surface area (Å²) >= 11 is 0. The van der Waals surface area contributed by atoms with Crippen molar-refractivity contribution in [3.63, 3.8) is 0 Å². The Kier molecular flexibility index (Phi) is 7.98. The van der Waals surface area contributed by atoms with Gasteiger partial charge in [-0.1, -0.05) is 25.1 Å². The molecule has 3 unspecified atom stereocenters. The first-order valence-electron chi connectivity index (χ1n) is 12.3. The molecule has 4 N–H and O–H groups in total. The molecule has 2 bridgehead atoms. The smallest absolute Gasteiger partial charge is 0.254 e. The number of nitrogens with two attached hydrogens (primary N) is 1. The van der Waals surface area contributed by atoms with E-state index >= 15 is 0 Å². The molecule has 0 aliphatic carbocycles. The molecular weight excluding hydrogens is 430 g/mol. The number of carbonyl (C=O) groups excluding carboxylic acids is 2. The fourth-order valence-corrected chi connectivity index (χ4v) is 4.94. The minimum atomic E-state index is -0.655. The molecule has 2 aromatic carbocycles. The van der Waals surface area contributed by atoms with Crippen LogP contribution in [0.25, 0.3) is 0 Å². The molecule has 34 heavy (non-hydrogen) atoms. The van der Waals surface area contributed by atoms with Crippen LogP contribution in [0, 0.1) is 0 Å². The highest BCUT2D eigenvalue weighted by Gasteiger charge is 2.40. The fraction of sp³-hybridized carbons (Fsp3) is 0.481. The number of aryl methyl sites for hydroxylation is 2. The summed E-state index contributed by atoms with van der Waals surface area (Å²) in [7, 11) is 0. The first kappa shape index (κ1) is 24.4. The number of aliphatic hydroxyl groups is 1. The molecule has 2 aliphatic heterocycles. The van der Waals surface area contributed by atoms with Crippen molar-refractivity contribution in [3.05, 3.63) is 70.3 Å². The molecule has 182 valence electrons. The van der Waals surface area contributed by atoms with E-state index in [1.165, 1.54) is 5.56 Å². The SMILES string of the molecule is CCc1ccc(CCC(O)CNC(=O)c2ccc(C(=O)N3C4CCC3COC4)cc2)c(CN)c1. The molecule has 0 spiro atoms. The van der Waals surface area contributed by atoms with Gasteiger partial charge in [-0.3, -0.25) is 9.59 Å². The van der Waals surface area contributed by atoms with Crippen LogP contribution in [0.4, 0.5) is 0 Å². The molecule has 0 aromatic heterocycles. The van der Waals surface area contributed by atoms with Gasteiger partial charge in [0.25, 0.3) is 11.8 Å². The van der Waals surface area contributed by atoms with Gasteiger partial charge in [0, 0.05) is 24.2 Å². The number of amides is 2. The van der Waals surface area contributed by atoms with Crippen molar-refractivity contribution in [2.75, 3.05) is 19.8 Å². The second kappa shape index (κ2) is 11.1. The van der Waals surface area contributed by atoms with Crippen molar-refractivity contribution in [2.24, 2.45) is 5.73 Å². The third-order valence-electron chi connectivity index (χ3n) is 7.01. The highest BCUT2D eigenvalue weighted by Crippen LogP contribution is 2.30. The summed E-state index contributed by atoms with van der Waals surface area (Å²) in [6.45, 7) is 3.95. The van der Waals surface area contributed by atoms with Crippen LogP contribution < -0.4 is 11.1 Å². The van der Waals surface area contributed by atoms with Crippen LogP contribution in [0.3, 0.4) is 0 Å². The molecule has 2 fully saturated rings. The average molecular weight is 466 g/mol. The number of aliphatic hydroxyl groups excluding tert-OH is 1. The Morgan fingerprint density at radius 3 is 2.41 bits per heavy atom. The van der Waals surface area contributed by atoms with E-state index in [2.05, 4.69) is 30.4 Å². The van der Waals surface area contributed by atoms with Crippen molar-refractivity contribution in [1.82, 2.24) is 10.2 Å². The number of morpholine rings is 1. The summed E-state index contributed by atoms with van der Waals surface area (Å²) in [4.78, 5) is 27.4. The number of ether oxygens (including phenoxy) is 1. The topological polar surface area (TPSA) is 105 Å². The largest absolute Gasteiger partial charge is 0.391 e. The van der Waals surface area contributed by atoms with Crippen LogP contribution in [0.2, 0.25) is 0 Å². The van der Waals surface area contributed by atoms with Crippen LogP contribution in [0.15, 0.2) is 42.5 Å². The van der Waals surface area contributed by atoms with Gasteiger partial charge in [-0.2, -0.15) is 0 Å². The first-order valence-corrected chi connectivity index (χ1v) is 12.3. The summed E-state index contributed by atoms with van der Waals surface area (Å²) in [6, 6.07) is 13.4. The van der Waals surface area contributed by atoms with Crippen molar-refractivity contribution in [2.45, 2.75) is 63.8 Å². The minimum Gasteiger partial charge on any atom is -0.391 e. The van der Waals surface area contributed by atoms with Gasteiger partial charge in [-0.05, 0) is 73.1 Å². The van der Waals surface area contributed by atoms with Gasteiger partial charge in [0.1, 0.15) is 0 Å². The Labute approximate surface area is 201 Å². The summed E-state index contributed by atoms with van der Waals surface area (Å²) in [5.41, 5.74) is 10.4. The lowest BCUT2D eigenvalue weighted by Crippen LogP contribution is -2.49. The lowest BCUT2D eigenvalue weighted by Gasteiger charge is -2.34. The monoisotopic (exact) mass is 465 g/mol. The number of hydrogen-bond donors (Lipinski definition) is 3.